The number of alkyl halides is 5. The third-order valence-corrected chi connectivity index (χ3v) is 2.29. The Kier molecular flexibility index (Phi) is 4.08. The first-order valence-electron chi connectivity index (χ1n) is 5.18. The van der Waals surface area contributed by atoms with Crippen LogP contribution < -0.4 is 0 Å². The molecule has 102 valence electrons. The van der Waals surface area contributed by atoms with E-state index in [9.17, 15) is 26.7 Å². The van der Waals surface area contributed by atoms with Gasteiger partial charge in [-0.2, -0.15) is 22.0 Å². The molecule has 3 nitrogen and oxygen atoms in total. The molecule has 0 atom stereocenters. The minimum atomic E-state index is -5.87. The zero-order chi connectivity index (χ0) is 14.0. The van der Waals surface area contributed by atoms with Crippen molar-refractivity contribution in [3.8, 4) is 0 Å². The van der Waals surface area contributed by atoms with Crippen molar-refractivity contribution in [2.45, 2.75) is 38.4 Å². The van der Waals surface area contributed by atoms with E-state index < -0.39 is 24.3 Å². The smallest absolute Gasteiger partial charge is 0.335 e. The largest absolute Gasteiger partial charge is 0.461 e. The quantitative estimate of drug-likeness (QED) is 0.771. The van der Waals surface area contributed by atoms with E-state index in [0.29, 0.717) is 13.0 Å². The molecule has 0 amide bonds. The summed E-state index contributed by atoms with van der Waals surface area (Å²) in [6, 6.07) is 0. The highest BCUT2D eigenvalue weighted by atomic mass is 19.4. The number of imidazole rings is 1. The number of hydrogen-bond donors (Lipinski definition) is 0. The molecule has 0 aliphatic rings. The fourth-order valence-electron chi connectivity index (χ4n) is 1.36. The van der Waals surface area contributed by atoms with E-state index in [1.165, 1.54) is 17.0 Å². The number of nitrogens with zero attached hydrogens (tertiary/aromatic N) is 2. The lowest BCUT2D eigenvalue weighted by Crippen LogP contribution is -2.45. The Hall–Kier alpha value is -1.47. The molecule has 0 aliphatic carbocycles. The normalized spacial score (nSPS) is 12.8. The highest BCUT2D eigenvalue weighted by Gasteiger charge is 2.62. The average molecular weight is 270 g/mol. The number of halogens is 5. The summed E-state index contributed by atoms with van der Waals surface area (Å²) in [6.45, 7) is 2.20. The van der Waals surface area contributed by atoms with Crippen LogP contribution in [0, 0.1) is 0 Å². The predicted octanol–water partition coefficient (Wildman–Crippen LogP) is 2.60. The molecule has 1 heterocycles. The van der Waals surface area contributed by atoms with Gasteiger partial charge in [-0.25, -0.2) is 4.98 Å². The van der Waals surface area contributed by atoms with Gasteiger partial charge in [-0.3, -0.25) is 4.79 Å². The highest BCUT2D eigenvalue weighted by molar-refractivity contribution is 5.87. The monoisotopic (exact) mass is 270 g/mol. The Morgan fingerprint density at radius 2 is 1.94 bits per heavy atom. The second-order valence-corrected chi connectivity index (χ2v) is 3.71. The van der Waals surface area contributed by atoms with Crippen LogP contribution in [-0.4, -0.2) is 27.4 Å². The standard InChI is InChI=1S/C10H11F5N2O/c1-2-4-17-5-3-16-8(17)6-7(18)9(11,12)10(13,14)15/h3,5H,2,4,6H2,1H3. The molecular formula is C10H11F5N2O. The van der Waals surface area contributed by atoms with Crippen molar-refractivity contribution in [2.75, 3.05) is 0 Å². The van der Waals surface area contributed by atoms with E-state index in [1.54, 1.807) is 6.92 Å². The van der Waals surface area contributed by atoms with Crippen molar-refractivity contribution in [2.24, 2.45) is 0 Å². The van der Waals surface area contributed by atoms with Gasteiger partial charge < -0.3 is 4.57 Å². The number of aryl methyl sites for hydroxylation is 1. The maximum Gasteiger partial charge on any atom is 0.461 e. The molecule has 0 spiro atoms. The van der Waals surface area contributed by atoms with Gasteiger partial charge in [0, 0.05) is 18.9 Å². The van der Waals surface area contributed by atoms with Crippen molar-refractivity contribution in [1.29, 1.82) is 0 Å². The Balaban J connectivity index is 2.85. The van der Waals surface area contributed by atoms with Gasteiger partial charge in [-0.05, 0) is 6.42 Å². The van der Waals surface area contributed by atoms with Crippen molar-refractivity contribution >= 4 is 5.78 Å². The molecule has 0 unspecified atom stereocenters. The van der Waals surface area contributed by atoms with Crippen molar-refractivity contribution in [3.05, 3.63) is 18.2 Å². The summed E-state index contributed by atoms with van der Waals surface area (Å²) >= 11 is 0. The number of carbonyl (C=O) groups is 1. The summed E-state index contributed by atoms with van der Waals surface area (Å²) in [5.41, 5.74) is 0. The Bertz CT molecular complexity index is 424. The number of rotatable bonds is 5. The fourth-order valence-corrected chi connectivity index (χ4v) is 1.36. The first kappa shape index (κ1) is 14.6. The second kappa shape index (κ2) is 5.03. The van der Waals surface area contributed by atoms with Crippen LogP contribution in [0.15, 0.2) is 12.4 Å². The minimum Gasteiger partial charge on any atom is -0.335 e. The SMILES string of the molecule is CCCn1ccnc1CC(=O)C(F)(F)C(F)(F)F. The third kappa shape index (κ3) is 2.85. The molecule has 0 N–H and O–H groups in total. The molecule has 0 aromatic carbocycles. The fraction of sp³-hybridized carbons (Fsp3) is 0.600. The van der Waals surface area contributed by atoms with Crippen molar-refractivity contribution in [1.82, 2.24) is 9.55 Å². The zero-order valence-electron chi connectivity index (χ0n) is 9.47. The Morgan fingerprint density at radius 1 is 1.33 bits per heavy atom. The second-order valence-electron chi connectivity index (χ2n) is 3.71. The van der Waals surface area contributed by atoms with Gasteiger partial charge >= 0.3 is 12.1 Å². The maximum absolute atomic E-state index is 12.7. The molecule has 0 radical (unpaired) electrons. The molecule has 0 saturated carbocycles. The molecule has 0 bridgehead atoms. The molecule has 1 aromatic rings. The lowest BCUT2D eigenvalue weighted by atomic mass is 10.1. The van der Waals surface area contributed by atoms with E-state index in [0.717, 1.165) is 0 Å². The van der Waals surface area contributed by atoms with Crippen LogP contribution in [0.5, 0.6) is 0 Å². The van der Waals surface area contributed by atoms with Gasteiger partial charge in [-0.1, -0.05) is 6.92 Å². The Morgan fingerprint density at radius 3 is 2.44 bits per heavy atom. The van der Waals surface area contributed by atoms with Gasteiger partial charge in [0.15, 0.2) is 0 Å². The highest BCUT2D eigenvalue weighted by Crippen LogP contribution is 2.36. The zero-order valence-corrected chi connectivity index (χ0v) is 9.47. The molecule has 1 aromatic heterocycles. The lowest BCUT2D eigenvalue weighted by Gasteiger charge is -2.18. The number of aromatic nitrogens is 2. The number of hydrogen-bond acceptors (Lipinski definition) is 2. The molecular weight excluding hydrogens is 259 g/mol. The van der Waals surface area contributed by atoms with E-state index in [4.69, 9.17) is 0 Å². The molecule has 0 aliphatic heterocycles. The molecule has 0 saturated heterocycles. The summed E-state index contributed by atoms with van der Waals surface area (Å²) in [6.07, 6.45) is -3.58. The molecule has 1 rings (SSSR count). The molecule has 0 fully saturated rings. The van der Waals surface area contributed by atoms with Gasteiger partial charge in [-0.15, -0.1) is 0 Å². The summed E-state index contributed by atoms with van der Waals surface area (Å²) in [5.74, 6) is -7.62. The van der Waals surface area contributed by atoms with Crippen LogP contribution in [0.25, 0.3) is 0 Å². The van der Waals surface area contributed by atoms with E-state index >= 15 is 0 Å². The summed E-state index contributed by atoms with van der Waals surface area (Å²) in [4.78, 5) is 14.6. The minimum absolute atomic E-state index is 0.0919. The summed E-state index contributed by atoms with van der Waals surface area (Å²) in [5, 5.41) is 0. The number of ketones is 1. The van der Waals surface area contributed by atoms with Crippen LogP contribution in [0.3, 0.4) is 0 Å². The van der Waals surface area contributed by atoms with Gasteiger partial charge in [0.05, 0.1) is 6.42 Å². The Labute approximate surface area is 99.6 Å². The van der Waals surface area contributed by atoms with E-state index in [1.807, 2.05) is 0 Å². The maximum atomic E-state index is 12.7. The van der Waals surface area contributed by atoms with Crippen LogP contribution in [0.1, 0.15) is 19.2 Å². The van der Waals surface area contributed by atoms with E-state index in [2.05, 4.69) is 4.98 Å². The first-order valence-corrected chi connectivity index (χ1v) is 5.18. The van der Waals surface area contributed by atoms with Gasteiger partial charge in [0.1, 0.15) is 5.82 Å². The summed E-state index contributed by atoms with van der Waals surface area (Å²) < 4.78 is 62.7. The third-order valence-electron chi connectivity index (χ3n) is 2.29. The van der Waals surface area contributed by atoms with Crippen LogP contribution in [0.4, 0.5) is 22.0 Å². The number of carbonyl (C=O) groups excluding carboxylic acids is 1. The van der Waals surface area contributed by atoms with Gasteiger partial charge in [0.2, 0.25) is 5.78 Å². The topological polar surface area (TPSA) is 34.9 Å². The van der Waals surface area contributed by atoms with E-state index in [-0.39, 0.29) is 5.82 Å². The predicted molar refractivity (Wildman–Crippen MR) is 52.2 cm³/mol. The lowest BCUT2D eigenvalue weighted by molar-refractivity contribution is -0.268. The molecule has 18 heavy (non-hydrogen) atoms. The average Bonchev–Trinajstić information content (AvgIpc) is 2.64. The van der Waals surface area contributed by atoms with Crippen LogP contribution in [0.2, 0.25) is 0 Å². The van der Waals surface area contributed by atoms with Crippen molar-refractivity contribution < 1.29 is 26.7 Å². The van der Waals surface area contributed by atoms with Crippen molar-refractivity contribution in [3.63, 3.8) is 0 Å². The van der Waals surface area contributed by atoms with Crippen LogP contribution in [-0.2, 0) is 17.8 Å². The number of Topliss-reactive ketones (excluding diaryl/α,β-unsaturated/α-hetero) is 1. The van der Waals surface area contributed by atoms with Crippen LogP contribution >= 0.6 is 0 Å². The van der Waals surface area contributed by atoms with Gasteiger partial charge in [0.25, 0.3) is 0 Å². The molecule has 8 heteroatoms. The first-order chi connectivity index (χ1) is 8.20. The summed E-state index contributed by atoms with van der Waals surface area (Å²) in [7, 11) is 0.